The number of carbonyl (C=O) groups excluding carboxylic acids is 2. The van der Waals surface area contributed by atoms with Crippen molar-refractivity contribution in [2.24, 2.45) is 0 Å². The Labute approximate surface area is 101 Å². The lowest BCUT2D eigenvalue weighted by molar-refractivity contribution is -0.118. The minimum atomic E-state index is -0.535. The van der Waals surface area contributed by atoms with Crippen molar-refractivity contribution in [3.8, 4) is 0 Å². The van der Waals surface area contributed by atoms with Gasteiger partial charge in [-0.3, -0.25) is 4.79 Å². The molecule has 0 aromatic rings. The Kier molecular flexibility index (Phi) is 4.15. The van der Waals surface area contributed by atoms with Gasteiger partial charge in [0.25, 0.3) is 0 Å². The molecule has 2 atom stereocenters. The molecule has 1 amide bonds. The van der Waals surface area contributed by atoms with Crippen LogP contribution in [0.5, 0.6) is 0 Å². The first-order chi connectivity index (χ1) is 7.78. The van der Waals surface area contributed by atoms with E-state index in [-0.39, 0.29) is 24.3 Å². The van der Waals surface area contributed by atoms with Crippen molar-refractivity contribution in [2.75, 3.05) is 0 Å². The highest BCUT2D eigenvalue weighted by molar-refractivity contribution is 5.90. The standard InChI is InChI=1S/C12H19NO4/c1-8(10-7-9(14)5-6-16-10)13-11(15)17-12(2,3)4/h5-6,8,10H,7H2,1-4H3,(H,13,15). The van der Waals surface area contributed by atoms with Crippen molar-refractivity contribution in [3.05, 3.63) is 12.3 Å². The third-order valence-electron chi connectivity index (χ3n) is 2.21. The Balaban J connectivity index is 2.44. The number of carbonyl (C=O) groups is 2. The molecule has 17 heavy (non-hydrogen) atoms. The summed E-state index contributed by atoms with van der Waals surface area (Å²) < 4.78 is 10.4. The summed E-state index contributed by atoms with van der Waals surface area (Å²) in [7, 11) is 0. The van der Waals surface area contributed by atoms with Crippen LogP contribution in [0.4, 0.5) is 4.79 Å². The van der Waals surface area contributed by atoms with Crippen LogP contribution in [-0.2, 0) is 14.3 Å². The van der Waals surface area contributed by atoms with Gasteiger partial charge in [-0.15, -0.1) is 0 Å². The van der Waals surface area contributed by atoms with E-state index in [4.69, 9.17) is 9.47 Å². The van der Waals surface area contributed by atoms with Gasteiger partial charge >= 0.3 is 6.09 Å². The van der Waals surface area contributed by atoms with Crippen LogP contribution in [0.2, 0.25) is 0 Å². The molecule has 0 fully saturated rings. The van der Waals surface area contributed by atoms with Gasteiger partial charge in [0.1, 0.15) is 11.7 Å². The van der Waals surface area contributed by atoms with Crippen molar-refractivity contribution in [1.29, 1.82) is 0 Å². The molecule has 0 radical (unpaired) electrons. The second kappa shape index (κ2) is 5.21. The maximum absolute atomic E-state index is 11.5. The van der Waals surface area contributed by atoms with Gasteiger partial charge in [-0.2, -0.15) is 0 Å². The maximum atomic E-state index is 11.5. The minimum absolute atomic E-state index is 0.000844. The van der Waals surface area contributed by atoms with Crippen LogP contribution in [0.3, 0.4) is 0 Å². The fourth-order valence-electron chi connectivity index (χ4n) is 1.41. The Morgan fingerprint density at radius 3 is 2.76 bits per heavy atom. The van der Waals surface area contributed by atoms with Gasteiger partial charge in [0.05, 0.1) is 12.3 Å². The number of nitrogens with one attached hydrogen (secondary N) is 1. The van der Waals surface area contributed by atoms with Crippen LogP contribution in [-0.4, -0.2) is 29.6 Å². The van der Waals surface area contributed by atoms with Crippen LogP contribution < -0.4 is 5.32 Å². The molecule has 5 heteroatoms. The largest absolute Gasteiger partial charge is 0.495 e. The fraction of sp³-hybridized carbons (Fsp3) is 0.667. The minimum Gasteiger partial charge on any atom is -0.495 e. The Hall–Kier alpha value is -1.52. The number of hydrogen-bond donors (Lipinski definition) is 1. The zero-order chi connectivity index (χ0) is 13.1. The number of ketones is 1. The van der Waals surface area contributed by atoms with Crippen molar-refractivity contribution in [1.82, 2.24) is 5.32 Å². The SMILES string of the molecule is CC(NC(=O)OC(C)(C)C)C1CC(=O)C=CO1. The molecule has 0 saturated heterocycles. The van der Waals surface area contributed by atoms with Gasteiger partial charge in [0.2, 0.25) is 0 Å². The van der Waals surface area contributed by atoms with E-state index in [1.54, 1.807) is 27.7 Å². The van der Waals surface area contributed by atoms with Gasteiger partial charge in [0, 0.05) is 12.5 Å². The monoisotopic (exact) mass is 241 g/mol. The fourth-order valence-corrected chi connectivity index (χ4v) is 1.41. The Morgan fingerprint density at radius 2 is 2.24 bits per heavy atom. The van der Waals surface area contributed by atoms with Crippen molar-refractivity contribution in [3.63, 3.8) is 0 Å². The predicted octanol–water partition coefficient (Wildman–Crippen LogP) is 1.77. The van der Waals surface area contributed by atoms with Crippen molar-refractivity contribution >= 4 is 11.9 Å². The Bertz CT molecular complexity index is 330. The molecular formula is C12H19NO4. The highest BCUT2D eigenvalue weighted by atomic mass is 16.6. The van der Waals surface area contributed by atoms with Crippen LogP contribution in [0.15, 0.2) is 12.3 Å². The third-order valence-corrected chi connectivity index (χ3v) is 2.21. The number of ether oxygens (including phenoxy) is 2. The average Bonchev–Trinajstić information content (AvgIpc) is 2.14. The van der Waals surface area contributed by atoms with E-state index in [0.29, 0.717) is 0 Å². The third kappa shape index (κ3) is 4.89. The van der Waals surface area contributed by atoms with Crippen LogP contribution >= 0.6 is 0 Å². The molecule has 96 valence electrons. The molecule has 1 aliphatic heterocycles. The molecule has 2 unspecified atom stereocenters. The number of hydrogen-bond acceptors (Lipinski definition) is 4. The van der Waals surface area contributed by atoms with E-state index in [2.05, 4.69) is 5.32 Å². The molecule has 1 N–H and O–H groups in total. The summed E-state index contributed by atoms with van der Waals surface area (Å²) in [5.41, 5.74) is -0.535. The second-order valence-electron chi connectivity index (χ2n) is 5.08. The highest BCUT2D eigenvalue weighted by Crippen LogP contribution is 2.12. The lowest BCUT2D eigenvalue weighted by Crippen LogP contribution is -2.45. The number of amides is 1. The molecule has 0 bridgehead atoms. The molecule has 1 aliphatic rings. The average molecular weight is 241 g/mol. The summed E-state index contributed by atoms with van der Waals surface area (Å²) in [6.07, 6.45) is 2.18. The maximum Gasteiger partial charge on any atom is 0.407 e. The zero-order valence-corrected chi connectivity index (χ0v) is 10.6. The second-order valence-corrected chi connectivity index (χ2v) is 5.08. The molecule has 0 spiro atoms. The highest BCUT2D eigenvalue weighted by Gasteiger charge is 2.26. The summed E-state index contributed by atoms with van der Waals surface area (Å²) in [6, 6.07) is -0.279. The zero-order valence-electron chi connectivity index (χ0n) is 10.6. The molecule has 0 aromatic heterocycles. The van der Waals surface area contributed by atoms with Gasteiger partial charge in [-0.1, -0.05) is 0 Å². The van der Waals surface area contributed by atoms with E-state index >= 15 is 0 Å². The lowest BCUT2D eigenvalue weighted by Gasteiger charge is -2.27. The van der Waals surface area contributed by atoms with E-state index in [0.717, 1.165) is 0 Å². The molecule has 0 saturated carbocycles. The molecule has 5 nitrogen and oxygen atoms in total. The quantitative estimate of drug-likeness (QED) is 0.800. The summed E-state index contributed by atoms with van der Waals surface area (Å²) in [4.78, 5) is 22.7. The van der Waals surface area contributed by atoms with E-state index < -0.39 is 11.7 Å². The van der Waals surface area contributed by atoms with Crippen LogP contribution in [0, 0.1) is 0 Å². The van der Waals surface area contributed by atoms with E-state index in [1.807, 2.05) is 0 Å². The number of alkyl carbamates (subject to hydrolysis) is 1. The summed E-state index contributed by atoms with van der Waals surface area (Å²) in [5, 5.41) is 2.65. The van der Waals surface area contributed by atoms with Crippen LogP contribution in [0.1, 0.15) is 34.1 Å². The van der Waals surface area contributed by atoms with E-state index in [1.165, 1.54) is 12.3 Å². The van der Waals surface area contributed by atoms with Gasteiger partial charge in [-0.25, -0.2) is 4.79 Å². The number of allylic oxidation sites excluding steroid dienone is 1. The van der Waals surface area contributed by atoms with Gasteiger partial charge in [-0.05, 0) is 27.7 Å². The summed E-state index contributed by atoms with van der Waals surface area (Å²) in [6.45, 7) is 7.16. The molecule has 0 aliphatic carbocycles. The molecule has 1 heterocycles. The molecule has 1 rings (SSSR count). The van der Waals surface area contributed by atoms with Gasteiger partial charge in [0.15, 0.2) is 5.78 Å². The van der Waals surface area contributed by atoms with Crippen molar-refractivity contribution in [2.45, 2.75) is 51.9 Å². The lowest BCUT2D eigenvalue weighted by atomic mass is 10.1. The Morgan fingerprint density at radius 1 is 1.59 bits per heavy atom. The molecular weight excluding hydrogens is 222 g/mol. The normalized spacial score (nSPS) is 21.6. The smallest absolute Gasteiger partial charge is 0.407 e. The summed E-state index contributed by atoms with van der Waals surface area (Å²) >= 11 is 0. The molecule has 0 aromatic carbocycles. The number of rotatable bonds is 2. The first-order valence-electron chi connectivity index (χ1n) is 5.62. The topological polar surface area (TPSA) is 64.6 Å². The van der Waals surface area contributed by atoms with E-state index in [9.17, 15) is 9.59 Å². The van der Waals surface area contributed by atoms with Gasteiger partial charge < -0.3 is 14.8 Å². The first kappa shape index (κ1) is 13.5. The van der Waals surface area contributed by atoms with Crippen LogP contribution in [0.25, 0.3) is 0 Å². The van der Waals surface area contributed by atoms with Crippen molar-refractivity contribution < 1.29 is 19.1 Å². The summed E-state index contributed by atoms with van der Waals surface area (Å²) in [5.74, 6) is -0.000844. The predicted molar refractivity (Wildman–Crippen MR) is 62.5 cm³/mol. The first-order valence-corrected chi connectivity index (χ1v) is 5.62.